The average Bonchev–Trinajstić information content (AvgIpc) is 2.61. The Morgan fingerprint density at radius 1 is 1.33 bits per heavy atom. The first-order valence-electron chi connectivity index (χ1n) is 6.44. The van der Waals surface area contributed by atoms with E-state index < -0.39 is 6.04 Å². The van der Waals surface area contributed by atoms with Crippen LogP contribution >= 0.6 is 0 Å². The summed E-state index contributed by atoms with van der Waals surface area (Å²) in [7, 11) is 0. The number of unbranched alkanes of at least 4 members (excludes halogenated alkanes) is 2. The fourth-order valence-corrected chi connectivity index (χ4v) is 2.49. The third kappa shape index (κ3) is 2.26. The number of nitrogens with zero attached hydrogens (tertiary/aromatic N) is 1. The summed E-state index contributed by atoms with van der Waals surface area (Å²) in [6.07, 6.45) is 2.61. The second-order valence-electron chi connectivity index (χ2n) is 4.76. The van der Waals surface area contributed by atoms with Crippen molar-refractivity contribution in [3.05, 3.63) is 29.3 Å². The molecule has 4 nitrogen and oxygen atoms in total. The van der Waals surface area contributed by atoms with Crippen LogP contribution in [-0.4, -0.2) is 24.2 Å². The van der Waals surface area contributed by atoms with Crippen LogP contribution in [0.4, 0.5) is 5.69 Å². The first kappa shape index (κ1) is 13.1. The molecule has 0 bridgehead atoms. The predicted octanol–water partition coefficient (Wildman–Crippen LogP) is 1.50. The summed E-state index contributed by atoms with van der Waals surface area (Å²) in [4.78, 5) is 13.9. The standard InChI is InChI=1S/C14H20N2O2/c1-10-6-5-7-11-12(15)14(18)16(13(10)11)8-3-2-4-9-17/h5-7,12,17H,2-4,8-9,15H2,1H3. The summed E-state index contributed by atoms with van der Waals surface area (Å²) in [5, 5.41) is 8.75. The van der Waals surface area contributed by atoms with E-state index in [0.29, 0.717) is 6.54 Å². The number of fused-ring (bicyclic) bond motifs is 1. The summed E-state index contributed by atoms with van der Waals surface area (Å²) in [5.41, 5.74) is 8.96. The minimum Gasteiger partial charge on any atom is -0.396 e. The molecule has 18 heavy (non-hydrogen) atoms. The molecule has 1 amide bonds. The van der Waals surface area contributed by atoms with Crippen LogP contribution in [0.15, 0.2) is 18.2 Å². The van der Waals surface area contributed by atoms with E-state index in [0.717, 1.165) is 36.1 Å². The minimum absolute atomic E-state index is 0.0108. The number of carbonyl (C=O) groups excluding carboxylic acids is 1. The highest BCUT2D eigenvalue weighted by Crippen LogP contribution is 2.37. The van der Waals surface area contributed by atoms with Crippen molar-refractivity contribution in [2.75, 3.05) is 18.1 Å². The maximum atomic E-state index is 12.1. The van der Waals surface area contributed by atoms with Crippen molar-refractivity contribution >= 4 is 11.6 Å². The highest BCUT2D eigenvalue weighted by molar-refractivity contribution is 6.05. The molecule has 1 aromatic rings. The number of rotatable bonds is 5. The van der Waals surface area contributed by atoms with Crippen LogP contribution < -0.4 is 10.6 Å². The first-order valence-corrected chi connectivity index (χ1v) is 6.44. The molecule has 4 heteroatoms. The van der Waals surface area contributed by atoms with Crippen LogP contribution in [0.3, 0.4) is 0 Å². The third-order valence-corrected chi connectivity index (χ3v) is 3.45. The Bertz CT molecular complexity index is 445. The largest absolute Gasteiger partial charge is 0.396 e. The van der Waals surface area contributed by atoms with Crippen molar-refractivity contribution < 1.29 is 9.90 Å². The number of amides is 1. The topological polar surface area (TPSA) is 66.6 Å². The second kappa shape index (κ2) is 5.50. The van der Waals surface area contributed by atoms with Gasteiger partial charge in [-0.2, -0.15) is 0 Å². The lowest BCUT2D eigenvalue weighted by molar-refractivity contribution is -0.119. The molecule has 0 fully saturated rings. The van der Waals surface area contributed by atoms with Crippen molar-refractivity contribution in [3.63, 3.8) is 0 Å². The van der Waals surface area contributed by atoms with Gasteiger partial charge in [0.05, 0.1) is 5.69 Å². The normalized spacial score (nSPS) is 18.3. The maximum absolute atomic E-state index is 12.1. The molecule has 1 aromatic carbocycles. The van der Waals surface area contributed by atoms with E-state index in [2.05, 4.69) is 0 Å². The number of hydrogen-bond acceptors (Lipinski definition) is 3. The van der Waals surface area contributed by atoms with Gasteiger partial charge in [0.15, 0.2) is 0 Å². The quantitative estimate of drug-likeness (QED) is 0.776. The van der Waals surface area contributed by atoms with E-state index in [9.17, 15) is 4.79 Å². The zero-order valence-electron chi connectivity index (χ0n) is 10.7. The molecule has 2 rings (SSSR count). The third-order valence-electron chi connectivity index (χ3n) is 3.45. The molecule has 0 saturated heterocycles. The Morgan fingerprint density at radius 2 is 2.11 bits per heavy atom. The smallest absolute Gasteiger partial charge is 0.248 e. The summed E-state index contributed by atoms with van der Waals surface area (Å²) in [5.74, 6) is -0.0108. The van der Waals surface area contributed by atoms with Gasteiger partial charge in [-0.1, -0.05) is 18.2 Å². The van der Waals surface area contributed by atoms with E-state index in [1.807, 2.05) is 25.1 Å². The van der Waals surface area contributed by atoms with E-state index in [1.54, 1.807) is 4.90 Å². The molecule has 0 aliphatic carbocycles. The van der Waals surface area contributed by atoms with Crippen LogP contribution in [0.1, 0.15) is 36.4 Å². The Kier molecular flexibility index (Phi) is 3.99. The van der Waals surface area contributed by atoms with Crippen LogP contribution in [0.25, 0.3) is 0 Å². The molecular formula is C14H20N2O2. The van der Waals surface area contributed by atoms with Crippen LogP contribution in [-0.2, 0) is 4.79 Å². The molecule has 0 saturated carbocycles. The molecule has 0 spiro atoms. The number of nitrogens with two attached hydrogens (primary N) is 1. The van der Waals surface area contributed by atoms with E-state index in [-0.39, 0.29) is 12.5 Å². The molecular weight excluding hydrogens is 228 g/mol. The van der Waals surface area contributed by atoms with E-state index in [4.69, 9.17) is 10.8 Å². The fraction of sp³-hybridized carbons (Fsp3) is 0.500. The number of hydrogen-bond donors (Lipinski definition) is 2. The fourth-order valence-electron chi connectivity index (χ4n) is 2.49. The van der Waals surface area contributed by atoms with Crippen molar-refractivity contribution in [3.8, 4) is 0 Å². The number of benzene rings is 1. The molecule has 1 aliphatic heterocycles. The monoisotopic (exact) mass is 248 g/mol. The number of aliphatic hydroxyl groups is 1. The van der Waals surface area contributed by atoms with Gasteiger partial charge in [-0.05, 0) is 31.7 Å². The maximum Gasteiger partial charge on any atom is 0.248 e. The number of carbonyl (C=O) groups is 1. The Balaban J connectivity index is 2.15. The van der Waals surface area contributed by atoms with Gasteiger partial charge in [0.25, 0.3) is 0 Å². The van der Waals surface area contributed by atoms with Crippen LogP contribution in [0, 0.1) is 6.92 Å². The number of anilines is 1. The average molecular weight is 248 g/mol. The first-order chi connectivity index (χ1) is 8.66. The summed E-state index contributed by atoms with van der Waals surface area (Å²) in [6, 6.07) is 5.36. The number of aliphatic hydroxyl groups excluding tert-OH is 1. The van der Waals surface area contributed by atoms with Gasteiger partial charge < -0.3 is 15.7 Å². The van der Waals surface area contributed by atoms with E-state index in [1.165, 1.54) is 0 Å². The zero-order valence-corrected chi connectivity index (χ0v) is 10.7. The predicted molar refractivity (Wildman–Crippen MR) is 71.4 cm³/mol. The van der Waals surface area contributed by atoms with Gasteiger partial charge in [-0.25, -0.2) is 0 Å². The van der Waals surface area contributed by atoms with Gasteiger partial charge in [-0.15, -0.1) is 0 Å². The Hall–Kier alpha value is -1.39. The number of aryl methyl sites for hydroxylation is 1. The van der Waals surface area contributed by atoms with Crippen molar-refractivity contribution in [2.24, 2.45) is 5.73 Å². The van der Waals surface area contributed by atoms with Crippen molar-refractivity contribution in [1.82, 2.24) is 0 Å². The molecule has 1 unspecified atom stereocenters. The number of para-hydroxylation sites is 1. The Labute approximate surface area is 107 Å². The highest BCUT2D eigenvalue weighted by atomic mass is 16.2. The Morgan fingerprint density at radius 3 is 2.83 bits per heavy atom. The zero-order chi connectivity index (χ0) is 13.1. The minimum atomic E-state index is -0.516. The molecule has 1 aliphatic rings. The van der Waals surface area contributed by atoms with Gasteiger partial charge in [0, 0.05) is 18.7 Å². The van der Waals surface area contributed by atoms with Crippen LogP contribution in [0.2, 0.25) is 0 Å². The van der Waals surface area contributed by atoms with Gasteiger partial charge in [0.1, 0.15) is 6.04 Å². The molecule has 0 radical (unpaired) electrons. The summed E-state index contributed by atoms with van der Waals surface area (Å²) >= 11 is 0. The molecule has 1 atom stereocenters. The highest BCUT2D eigenvalue weighted by Gasteiger charge is 2.35. The van der Waals surface area contributed by atoms with E-state index >= 15 is 0 Å². The lowest BCUT2D eigenvalue weighted by Crippen LogP contribution is -2.32. The molecule has 1 heterocycles. The second-order valence-corrected chi connectivity index (χ2v) is 4.76. The van der Waals surface area contributed by atoms with Crippen molar-refractivity contribution in [2.45, 2.75) is 32.2 Å². The summed E-state index contributed by atoms with van der Waals surface area (Å²) in [6.45, 7) is 2.90. The lowest BCUT2D eigenvalue weighted by atomic mass is 10.1. The summed E-state index contributed by atoms with van der Waals surface area (Å²) < 4.78 is 0. The lowest BCUT2D eigenvalue weighted by Gasteiger charge is -2.19. The molecule has 98 valence electrons. The SMILES string of the molecule is Cc1cccc2c1N(CCCCCO)C(=O)C2N. The van der Waals surface area contributed by atoms with Gasteiger partial charge >= 0.3 is 0 Å². The molecule has 0 aromatic heterocycles. The van der Waals surface area contributed by atoms with Gasteiger partial charge in [0.2, 0.25) is 5.91 Å². The van der Waals surface area contributed by atoms with Crippen molar-refractivity contribution in [1.29, 1.82) is 0 Å². The van der Waals surface area contributed by atoms with Gasteiger partial charge in [-0.3, -0.25) is 4.79 Å². The molecule has 3 N–H and O–H groups in total. The van der Waals surface area contributed by atoms with Crippen LogP contribution in [0.5, 0.6) is 0 Å².